The second-order valence-electron chi connectivity index (χ2n) is 13.5. The van der Waals surface area contributed by atoms with Crippen molar-refractivity contribution in [3.8, 4) is 11.1 Å². The van der Waals surface area contributed by atoms with Crippen molar-refractivity contribution >= 4 is 42.9 Å². The number of aliphatic hydroxyl groups is 1. The third-order valence-electron chi connectivity index (χ3n) is 9.51. The van der Waals surface area contributed by atoms with Gasteiger partial charge < -0.3 is 40.4 Å². The molecule has 0 saturated heterocycles. The Morgan fingerprint density at radius 1 is 1.04 bits per heavy atom. The number of fused-ring (bicyclic) bond motifs is 1. The second kappa shape index (κ2) is 18.4. The number of halogens is 1. The number of nitrogens with one attached hydrogen (secondary N) is 4. The molecule has 54 heavy (non-hydrogen) atoms. The van der Waals surface area contributed by atoms with Gasteiger partial charge >= 0.3 is 0 Å². The van der Waals surface area contributed by atoms with Gasteiger partial charge in [-0.25, -0.2) is 4.39 Å². The van der Waals surface area contributed by atoms with E-state index in [2.05, 4.69) is 25.5 Å². The minimum Gasteiger partial charge on any atom is -0.756 e. The van der Waals surface area contributed by atoms with E-state index < -0.39 is 25.6 Å². The van der Waals surface area contributed by atoms with E-state index in [4.69, 9.17) is 4.89 Å². The Balaban J connectivity index is 1.22. The van der Waals surface area contributed by atoms with E-state index in [9.17, 15) is 33.3 Å². The fourth-order valence-electron chi connectivity index (χ4n) is 6.52. The minimum absolute atomic E-state index is 0.0928. The van der Waals surface area contributed by atoms with Crippen molar-refractivity contribution in [1.29, 1.82) is 0 Å². The van der Waals surface area contributed by atoms with Crippen LogP contribution in [-0.4, -0.2) is 58.5 Å². The summed E-state index contributed by atoms with van der Waals surface area (Å²) in [5.41, 5.74) is 7.54. The Morgan fingerprint density at radius 2 is 1.76 bits per heavy atom. The van der Waals surface area contributed by atoms with Crippen molar-refractivity contribution in [1.82, 2.24) is 15.6 Å². The number of carbonyl (C=O) groups is 3. The first kappa shape index (κ1) is 40.3. The predicted molar refractivity (Wildman–Crippen MR) is 202 cm³/mol. The maximum Gasteiger partial charge on any atom is 0.265 e. The molecule has 14 heteroatoms. The summed E-state index contributed by atoms with van der Waals surface area (Å²) in [5, 5.41) is 18.1. The highest BCUT2D eigenvalue weighted by Gasteiger charge is 2.26. The number of carbonyl (C=O) groups excluding carboxylic acids is 3. The minimum atomic E-state index is -4.89. The fraction of sp³-hybridized carbons (Fsp3) is 0.325. The highest BCUT2D eigenvalue weighted by molar-refractivity contribution is 7.44. The van der Waals surface area contributed by atoms with Crippen molar-refractivity contribution < 1.29 is 42.8 Å². The third kappa shape index (κ3) is 11.1. The van der Waals surface area contributed by atoms with Crippen LogP contribution in [0.3, 0.4) is 0 Å². The molecule has 12 nitrogen and oxygen atoms in total. The monoisotopic (exact) mass is 759 g/mol. The lowest BCUT2D eigenvalue weighted by molar-refractivity contribution is -0.221. The predicted octanol–water partition coefficient (Wildman–Crippen LogP) is 4.96. The van der Waals surface area contributed by atoms with Gasteiger partial charge in [-0.15, -0.1) is 0 Å². The summed E-state index contributed by atoms with van der Waals surface area (Å²) < 4.78 is 29.3. The number of hydrogen-bond donors (Lipinski definition) is 6. The summed E-state index contributed by atoms with van der Waals surface area (Å²) in [6, 6.07) is 20.9. The molecule has 0 aliphatic carbocycles. The van der Waals surface area contributed by atoms with Crippen LogP contribution in [0.25, 0.3) is 22.8 Å². The van der Waals surface area contributed by atoms with Crippen LogP contribution in [0.1, 0.15) is 59.3 Å². The zero-order valence-corrected chi connectivity index (χ0v) is 31.1. The average Bonchev–Trinajstić information content (AvgIpc) is 3.60. The van der Waals surface area contributed by atoms with E-state index in [0.29, 0.717) is 48.2 Å². The van der Waals surface area contributed by atoms with E-state index in [-0.39, 0.29) is 50.3 Å². The van der Waals surface area contributed by atoms with Crippen molar-refractivity contribution in [3.05, 3.63) is 112 Å². The molecular weight excluding hydrogens is 714 g/mol. The molecule has 1 aliphatic rings. The Hall–Kier alpha value is -4.91. The summed E-state index contributed by atoms with van der Waals surface area (Å²) in [4.78, 5) is 62.6. The Bertz CT molecular complexity index is 2030. The zero-order chi connectivity index (χ0) is 38.8. The number of phosphoric ester groups is 1. The maximum absolute atomic E-state index is 14.0. The molecule has 0 saturated carbocycles. The number of aryl methyl sites for hydroxylation is 1. The van der Waals surface area contributed by atoms with Crippen LogP contribution in [0, 0.1) is 25.6 Å². The molecule has 1 aromatic heterocycles. The van der Waals surface area contributed by atoms with Gasteiger partial charge in [-0.3, -0.25) is 18.9 Å². The molecule has 0 fully saturated rings. The summed E-state index contributed by atoms with van der Waals surface area (Å²) in [5.74, 6) is -1.95. The molecular formula is C40H45FN4O8P-. The van der Waals surface area contributed by atoms with Gasteiger partial charge in [0.25, 0.3) is 13.7 Å². The third-order valence-corrected chi connectivity index (χ3v) is 9.98. The number of unbranched alkanes of at least 4 members (excludes halogenated alkanes) is 1. The van der Waals surface area contributed by atoms with E-state index in [1.54, 1.807) is 6.08 Å². The molecule has 0 radical (unpaired) electrons. The van der Waals surface area contributed by atoms with Crippen molar-refractivity contribution in [3.63, 3.8) is 0 Å². The first-order valence-corrected chi connectivity index (χ1v) is 19.3. The Labute approximate surface area is 313 Å². The van der Waals surface area contributed by atoms with Crippen molar-refractivity contribution in [2.24, 2.45) is 5.92 Å². The molecule has 3 atom stereocenters. The number of aromatic amines is 1. The van der Waals surface area contributed by atoms with E-state index in [1.165, 1.54) is 18.2 Å². The zero-order valence-electron chi connectivity index (χ0n) is 30.2. The number of rotatable bonds is 18. The van der Waals surface area contributed by atoms with Crippen molar-refractivity contribution in [2.45, 2.75) is 58.4 Å². The molecule has 0 spiro atoms. The van der Waals surface area contributed by atoms with Crippen LogP contribution in [-0.2, 0) is 36.3 Å². The quantitative estimate of drug-likeness (QED) is 0.0466. The summed E-state index contributed by atoms with van der Waals surface area (Å²) in [6.45, 7) is 3.39. The summed E-state index contributed by atoms with van der Waals surface area (Å²) >= 11 is 0. The van der Waals surface area contributed by atoms with Crippen LogP contribution in [0.4, 0.5) is 10.1 Å². The number of benzene rings is 3. The van der Waals surface area contributed by atoms with Gasteiger partial charge in [0.05, 0.1) is 12.2 Å². The van der Waals surface area contributed by atoms with Gasteiger partial charge in [-0.1, -0.05) is 61.0 Å². The number of aliphatic hydroxyl groups excluding tert-OH is 1. The lowest BCUT2D eigenvalue weighted by atomic mass is 9.99. The number of amides is 3. The molecule has 4 aromatic rings. The smallest absolute Gasteiger partial charge is 0.265 e. The number of anilines is 1. The Morgan fingerprint density at radius 3 is 2.46 bits per heavy atom. The van der Waals surface area contributed by atoms with E-state index >= 15 is 0 Å². The van der Waals surface area contributed by atoms with Crippen LogP contribution < -0.4 is 20.8 Å². The lowest BCUT2D eigenvalue weighted by Crippen LogP contribution is -2.48. The fourth-order valence-corrected chi connectivity index (χ4v) is 6.92. The number of H-pyrrole nitrogens is 1. The number of phosphoric acid groups is 1. The Kier molecular flexibility index (Phi) is 13.7. The molecule has 3 aromatic carbocycles. The molecule has 5 rings (SSSR count). The topological polar surface area (TPSA) is 193 Å². The van der Waals surface area contributed by atoms with Gasteiger partial charge in [-0.2, -0.15) is 0 Å². The second-order valence-corrected chi connectivity index (χ2v) is 14.7. The maximum atomic E-state index is 14.0. The molecule has 2 unspecified atom stereocenters. The van der Waals surface area contributed by atoms with E-state index in [0.717, 1.165) is 33.5 Å². The van der Waals surface area contributed by atoms with Gasteiger partial charge in [0.15, 0.2) is 0 Å². The number of hydrogen-bond acceptors (Lipinski definition) is 7. The molecule has 286 valence electrons. The largest absolute Gasteiger partial charge is 0.756 e. The number of aromatic nitrogens is 1. The van der Waals surface area contributed by atoms with Gasteiger partial charge in [-0.05, 0) is 85.2 Å². The molecule has 6 N–H and O–H groups in total. The standard InChI is InChI=1S/C40H46FN4O8P/c1-25-32(26(2)43-36(25)22-34-33-21-31(41)15-17-35(33)45-39(34)48)16-18-38(47)44-37(20-27-11-13-30(14-12-27)29-9-4-3-5-10-29)40(49)42-19-7-6-8-28(23-46)24-53-54(50,51)52/h3-5,9-15,17,21-22,28,37,43,46H,6-8,16,18-20,23-24H2,1-2H3,(H,42,49)(H,44,47)(H,45,48)(H2,50,51,52)/p-1/b34-22-/t28?,37-/m1/s1. The van der Waals surface area contributed by atoms with Gasteiger partial charge in [0, 0.05) is 54.5 Å². The molecule has 2 heterocycles. The highest BCUT2D eigenvalue weighted by Crippen LogP contribution is 2.35. The van der Waals surface area contributed by atoms with Crippen LogP contribution in [0.5, 0.6) is 0 Å². The summed E-state index contributed by atoms with van der Waals surface area (Å²) in [7, 11) is -4.89. The normalized spacial score (nSPS) is 15.3. The van der Waals surface area contributed by atoms with E-state index in [1.807, 2.05) is 68.4 Å². The van der Waals surface area contributed by atoms with Crippen LogP contribution in [0.15, 0.2) is 72.8 Å². The summed E-state index contributed by atoms with van der Waals surface area (Å²) in [6.07, 6.45) is 3.88. The van der Waals surface area contributed by atoms with Gasteiger partial charge in [0.1, 0.15) is 11.9 Å². The van der Waals surface area contributed by atoms with Gasteiger partial charge in [0.2, 0.25) is 11.8 Å². The van der Waals surface area contributed by atoms with Crippen molar-refractivity contribution in [2.75, 3.05) is 25.1 Å². The molecule has 0 bridgehead atoms. The molecule has 3 amide bonds. The first-order valence-electron chi connectivity index (χ1n) is 17.8. The average molecular weight is 760 g/mol. The first-order chi connectivity index (χ1) is 25.8. The van der Waals surface area contributed by atoms with Crippen LogP contribution in [0.2, 0.25) is 0 Å². The SMILES string of the molecule is Cc1[nH]c(/C=C2\C(=O)Nc3ccc(F)cc32)c(C)c1CCC(=O)N[C@H](Cc1ccc(-c2ccccc2)cc1)C(=O)NCCCCC(CO)COP(=O)([O-])O. The highest BCUT2D eigenvalue weighted by atomic mass is 31.2. The lowest BCUT2D eigenvalue weighted by Gasteiger charge is -2.20. The van der Waals surface area contributed by atoms with Crippen LogP contribution >= 0.6 is 7.82 Å². The molecule has 1 aliphatic heterocycles.